The van der Waals surface area contributed by atoms with Gasteiger partial charge in [0, 0.05) is 13.0 Å². The summed E-state index contributed by atoms with van der Waals surface area (Å²) in [5.41, 5.74) is 1.14. The fourth-order valence-corrected chi connectivity index (χ4v) is 1.53. The minimum absolute atomic E-state index is 0.0522. The first-order chi connectivity index (χ1) is 8.50. The van der Waals surface area contributed by atoms with Crippen molar-refractivity contribution in [3.63, 3.8) is 0 Å². The van der Waals surface area contributed by atoms with Crippen molar-refractivity contribution < 1.29 is 19.8 Å². The summed E-state index contributed by atoms with van der Waals surface area (Å²) in [5.74, 6) is -1.23. The van der Waals surface area contributed by atoms with Gasteiger partial charge in [-0.05, 0) is 31.9 Å². The molecular formula is C13H17NO4. The summed E-state index contributed by atoms with van der Waals surface area (Å²) in [6, 6.07) is 4.82. The zero-order chi connectivity index (χ0) is 13.5. The predicted octanol–water partition coefficient (Wildman–Crippen LogP) is 1.69. The minimum Gasteiger partial charge on any atom is -0.507 e. The lowest BCUT2D eigenvalue weighted by Gasteiger charge is -2.07. The van der Waals surface area contributed by atoms with E-state index in [2.05, 4.69) is 5.32 Å². The van der Waals surface area contributed by atoms with E-state index in [1.54, 1.807) is 12.1 Å². The van der Waals surface area contributed by atoms with E-state index in [9.17, 15) is 14.7 Å². The van der Waals surface area contributed by atoms with Crippen LogP contribution in [0.3, 0.4) is 0 Å². The number of rotatable bonds is 6. The summed E-state index contributed by atoms with van der Waals surface area (Å²) in [7, 11) is 0. The van der Waals surface area contributed by atoms with Crippen LogP contribution in [-0.4, -0.2) is 28.6 Å². The molecule has 98 valence electrons. The number of phenolic OH excluding ortho intramolecular Hbond substituents is 1. The number of benzene rings is 1. The van der Waals surface area contributed by atoms with Gasteiger partial charge in [-0.1, -0.05) is 11.6 Å². The molecule has 0 saturated heterocycles. The molecule has 1 aromatic rings. The second kappa shape index (κ2) is 6.64. The maximum atomic E-state index is 11.7. The highest BCUT2D eigenvalue weighted by Crippen LogP contribution is 2.17. The van der Waals surface area contributed by atoms with E-state index in [-0.39, 0.29) is 23.6 Å². The van der Waals surface area contributed by atoms with Gasteiger partial charge in [0.05, 0.1) is 5.56 Å². The SMILES string of the molecule is Cc1ccc(O)c(C(=O)NCCCCC(=O)O)c1. The average molecular weight is 251 g/mol. The van der Waals surface area contributed by atoms with Gasteiger partial charge in [-0.2, -0.15) is 0 Å². The molecule has 1 amide bonds. The third-order valence-electron chi connectivity index (χ3n) is 2.50. The first-order valence-electron chi connectivity index (χ1n) is 5.80. The van der Waals surface area contributed by atoms with Gasteiger partial charge >= 0.3 is 5.97 Å². The summed E-state index contributed by atoms with van der Waals surface area (Å²) in [6.45, 7) is 2.24. The number of carbonyl (C=O) groups is 2. The minimum atomic E-state index is -0.836. The van der Waals surface area contributed by atoms with E-state index in [1.807, 2.05) is 6.92 Å². The van der Waals surface area contributed by atoms with Crippen molar-refractivity contribution in [3.8, 4) is 5.75 Å². The lowest BCUT2D eigenvalue weighted by atomic mass is 10.1. The Kier molecular flexibility index (Phi) is 5.17. The molecule has 0 unspecified atom stereocenters. The normalized spacial score (nSPS) is 10.1. The molecule has 0 aliphatic carbocycles. The fourth-order valence-electron chi connectivity index (χ4n) is 1.53. The highest BCUT2D eigenvalue weighted by molar-refractivity contribution is 5.96. The van der Waals surface area contributed by atoms with Crippen LogP contribution in [0.25, 0.3) is 0 Å². The van der Waals surface area contributed by atoms with Crippen LogP contribution in [-0.2, 0) is 4.79 Å². The quantitative estimate of drug-likeness (QED) is 0.671. The van der Waals surface area contributed by atoms with Crippen molar-refractivity contribution in [1.29, 1.82) is 0 Å². The first-order valence-corrected chi connectivity index (χ1v) is 5.80. The van der Waals surface area contributed by atoms with E-state index < -0.39 is 5.97 Å². The van der Waals surface area contributed by atoms with Crippen LogP contribution >= 0.6 is 0 Å². The summed E-state index contributed by atoms with van der Waals surface area (Å²) in [5, 5.41) is 20.6. The second-order valence-electron chi connectivity index (χ2n) is 4.13. The Balaban J connectivity index is 2.41. The molecular weight excluding hydrogens is 234 g/mol. The Morgan fingerprint density at radius 2 is 2.00 bits per heavy atom. The second-order valence-corrected chi connectivity index (χ2v) is 4.13. The van der Waals surface area contributed by atoms with Crippen LogP contribution in [0, 0.1) is 6.92 Å². The molecule has 0 atom stereocenters. The average Bonchev–Trinajstić information content (AvgIpc) is 2.31. The largest absolute Gasteiger partial charge is 0.507 e. The number of phenols is 1. The van der Waals surface area contributed by atoms with Gasteiger partial charge < -0.3 is 15.5 Å². The number of aliphatic carboxylic acids is 1. The summed E-state index contributed by atoms with van der Waals surface area (Å²) in [6.07, 6.45) is 1.23. The zero-order valence-corrected chi connectivity index (χ0v) is 10.3. The number of unbranched alkanes of at least 4 members (excludes halogenated alkanes) is 1. The zero-order valence-electron chi connectivity index (χ0n) is 10.3. The van der Waals surface area contributed by atoms with Gasteiger partial charge in [0.25, 0.3) is 5.91 Å². The Morgan fingerprint density at radius 1 is 1.28 bits per heavy atom. The molecule has 0 radical (unpaired) electrons. The maximum absolute atomic E-state index is 11.7. The van der Waals surface area contributed by atoms with Crippen molar-refractivity contribution in [1.82, 2.24) is 5.32 Å². The molecule has 5 nitrogen and oxygen atoms in total. The van der Waals surface area contributed by atoms with E-state index in [0.717, 1.165) is 5.56 Å². The van der Waals surface area contributed by atoms with Crippen molar-refractivity contribution in [2.24, 2.45) is 0 Å². The third-order valence-corrected chi connectivity index (χ3v) is 2.50. The van der Waals surface area contributed by atoms with Gasteiger partial charge in [-0.15, -0.1) is 0 Å². The number of hydrogen-bond acceptors (Lipinski definition) is 3. The highest BCUT2D eigenvalue weighted by Gasteiger charge is 2.10. The predicted molar refractivity (Wildman–Crippen MR) is 66.7 cm³/mol. The molecule has 18 heavy (non-hydrogen) atoms. The maximum Gasteiger partial charge on any atom is 0.303 e. The number of aromatic hydroxyl groups is 1. The number of carboxylic acid groups (broad SMARTS) is 1. The highest BCUT2D eigenvalue weighted by atomic mass is 16.4. The number of aryl methyl sites for hydroxylation is 1. The Morgan fingerprint density at radius 3 is 2.67 bits per heavy atom. The monoisotopic (exact) mass is 251 g/mol. The molecule has 0 aromatic heterocycles. The molecule has 0 aliphatic rings. The lowest BCUT2D eigenvalue weighted by Crippen LogP contribution is -2.24. The Hall–Kier alpha value is -2.04. The van der Waals surface area contributed by atoms with Crippen LogP contribution < -0.4 is 5.32 Å². The van der Waals surface area contributed by atoms with Crippen molar-refractivity contribution in [3.05, 3.63) is 29.3 Å². The molecule has 0 heterocycles. The van der Waals surface area contributed by atoms with E-state index >= 15 is 0 Å². The van der Waals surface area contributed by atoms with Crippen LogP contribution in [0.2, 0.25) is 0 Å². The molecule has 0 spiro atoms. The number of hydrogen-bond donors (Lipinski definition) is 3. The van der Waals surface area contributed by atoms with E-state index in [1.165, 1.54) is 6.07 Å². The number of nitrogens with one attached hydrogen (secondary N) is 1. The van der Waals surface area contributed by atoms with Crippen molar-refractivity contribution >= 4 is 11.9 Å². The smallest absolute Gasteiger partial charge is 0.303 e. The van der Waals surface area contributed by atoms with Crippen LogP contribution in [0.15, 0.2) is 18.2 Å². The summed E-state index contributed by atoms with van der Waals surface area (Å²) >= 11 is 0. The van der Waals surface area contributed by atoms with Gasteiger partial charge in [-0.3, -0.25) is 9.59 Å². The molecule has 1 aromatic carbocycles. The fraction of sp³-hybridized carbons (Fsp3) is 0.385. The van der Waals surface area contributed by atoms with Crippen LogP contribution in [0.1, 0.15) is 35.2 Å². The number of amides is 1. The first kappa shape index (κ1) is 14.0. The van der Waals surface area contributed by atoms with Gasteiger partial charge in [0.15, 0.2) is 0 Å². The summed E-state index contributed by atoms with van der Waals surface area (Å²) < 4.78 is 0. The summed E-state index contributed by atoms with van der Waals surface area (Å²) in [4.78, 5) is 22.0. The number of carboxylic acids is 1. The molecule has 0 bridgehead atoms. The molecule has 0 saturated carbocycles. The van der Waals surface area contributed by atoms with E-state index in [4.69, 9.17) is 5.11 Å². The number of carbonyl (C=O) groups excluding carboxylic acids is 1. The Bertz CT molecular complexity index is 443. The van der Waals surface area contributed by atoms with E-state index in [0.29, 0.717) is 19.4 Å². The molecule has 3 N–H and O–H groups in total. The molecule has 0 fully saturated rings. The molecule has 5 heteroatoms. The van der Waals surface area contributed by atoms with Gasteiger partial charge in [0.2, 0.25) is 0 Å². The lowest BCUT2D eigenvalue weighted by molar-refractivity contribution is -0.137. The van der Waals surface area contributed by atoms with Crippen molar-refractivity contribution in [2.75, 3.05) is 6.54 Å². The standard InChI is InChI=1S/C13H17NO4/c1-9-5-6-11(15)10(8-9)13(18)14-7-3-2-4-12(16)17/h5-6,8,15H,2-4,7H2,1H3,(H,14,18)(H,16,17). The molecule has 1 rings (SSSR count). The molecule has 0 aliphatic heterocycles. The van der Waals surface area contributed by atoms with Gasteiger partial charge in [-0.25, -0.2) is 0 Å². The van der Waals surface area contributed by atoms with Crippen LogP contribution in [0.5, 0.6) is 5.75 Å². The van der Waals surface area contributed by atoms with Crippen LogP contribution in [0.4, 0.5) is 0 Å². The van der Waals surface area contributed by atoms with Gasteiger partial charge in [0.1, 0.15) is 5.75 Å². The third kappa shape index (κ3) is 4.45. The van der Waals surface area contributed by atoms with Crippen molar-refractivity contribution in [2.45, 2.75) is 26.2 Å². The topological polar surface area (TPSA) is 86.6 Å². The Labute approximate surface area is 105 Å².